The summed E-state index contributed by atoms with van der Waals surface area (Å²) in [5.41, 5.74) is 18.3. The summed E-state index contributed by atoms with van der Waals surface area (Å²) in [4.78, 5) is 74.8. The van der Waals surface area contributed by atoms with Crippen molar-refractivity contribution in [1.29, 1.82) is 0 Å². The number of esters is 1. The van der Waals surface area contributed by atoms with Gasteiger partial charge in [-0.3, -0.25) is 14.4 Å². The molecular weight excluding hydrogens is 1090 g/mol. The molecule has 3 aliphatic heterocycles. The van der Waals surface area contributed by atoms with Gasteiger partial charge in [-0.25, -0.2) is 9.59 Å². The van der Waals surface area contributed by atoms with Crippen LogP contribution in [0, 0.1) is 29.6 Å². The summed E-state index contributed by atoms with van der Waals surface area (Å²) in [7, 11) is 4.47. The number of nitrogens with one attached hydrogen (secondary N) is 1. The number of nitrogens with zero attached hydrogens (tertiary/aromatic N) is 4. The second-order valence-corrected chi connectivity index (χ2v) is 23.0. The molecule has 5 N–H and O–H groups in total. The molecule has 4 aliphatic rings. The van der Waals surface area contributed by atoms with Gasteiger partial charge in [-0.2, -0.15) is 0 Å². The first-order valence-corrected chi connectivity index (χ1v) is 30.2. The summed E-state index contributed by atoms with van der Waals surface area (Å²) in [5, 5.41) is 30.6. The fourth-order valence-corrected chi connectivity index (χ4v) is 11.6. The number of nitrogens with two attached hydrogens (primary N) is 1. The van der Waals surface area contributed by atoms with E-state index in [1.807, 2.05) is 51.2 Å². The highest BCUT2D eigenvalue weighted by Crippen LogP contribution is 2.38. The number of Topliss-reactive ketones (excluding diaryl/α,β-unsaturated/α-hetero) is 2. The Morgan fingerprint density at radius 1 is 0.845 bits per heavy atom. The Balaban J connectivity index is 1.58. The number of azide groups is 1. The number of hydrogen-bond donors (Lipinski definition) is 4. The lowest BCUT2D eigenvalue weighted by atomic mass is 9.80. The van der Waals surface area contributed by atoms with Gasteiger partial charge in [0.05, 0.1) is 64.6 Å². The number of cyclic esters (lactones) is 1. The Kier molecular flexibility index (Phi) is 32.4. The number of fused-ring (bicyclic) bond motifs is 3. The Bertz CT molecular complexity index is 2230. The molecule has 4 rings (SSSR count). The Morgan fingerprint density at radius 2 is 1.54 bits per heavy atom. The number of alkyl carbamates (subject to hydrolysis) is 1. The monoisotopic (exact) mass is 1190 g/mol. The van der Waals surface area contributed by atoms with E-state index in [4.69, 9.17) is 53.1 Å². The molecule has 1 aliphatic carbocycles. The van der Waals surface area contributed by atoms with Crippen LogP contribution in [0.4, 0.5) is 4.79 Å². The van der Waals surface area contributed by atoms with Crippen LogP contribution < -0.4 is 11.1 Å². The Morgan fingerprint density at radius 3 is 2.19 bits per heavy atom. The van der Waals surface area contributed by atoms with E-state index in [2.05, 4.69) is 15.3 Å². The highest BCUT2D eigenvalue weighted by molar-refractivity contribution is 6.39. The zero-order valence-corrected chi connectivity index (χ0v) is 51.6. The number of rotatable bonds is 21. The van der Waals surface area contributed by atoms with E-state index in [1.165, 1.54) is 14.2 Å². The molecule has 0 spiro atoms. The van der Waals surface area contributed by atoms with Crippen molar-refractivity contribution < 1.29 is 81.6 Å². The molecule has 0 aromatic heterocycles. The highest BCUT2D eigenvalue weighted by Gasteiger charge is 2.53. The van der Waals surface area contributed by atoms with Crippen LogP contribution in [0.1, 0.15) is 126 Å². The summed E-state index contributed by atoms with van der Waals surface area (Å²) >= 11 is 0. The first-order valence-electron chi connectivity index (χ1n) is 30.2. The zero-order chi connectivity index (χ0) is 61.8. The largest absolute Gasteiger partial charge is 0.459 e. The van der Waals surface area contributed by atoms with Crippen molar-refractivity contribution in [3.63, 3.8) is 0 Å². The van der Waals surface area contributed by atoms with Crippen molar-refractivity contribution in [3.05, 3.63) is 58.0 Å². The first kappa shape index (κ1) is 71.9. The lowest BCUT2D eigenvalue weighted by Crippen LogP contribution is -2.61. The molecular formula is C61H100N6O17. The van der Waals surface area contributed by atoms with Crippen LogP contribution in [0.5, 0.6) is 0 Å². The molecule has 3 heterocycles. The van der Waals surface area contributed by atoms with E-state index in [-0.39, 0.29) is 56.6 Å². The molecule has 2 bridgehead atoms. The van der Waals surface area contributed by atoms with Crippen molar-refractivity contribution in [3.8, 4) is 0 Å². The van der Waals surface area contributed by atoms with Crippen LogP contribution >= 0.6 is 0 Å². The number of methoxy groups -OCH3 is 3. The van der Waals surface area contributed by atoms with Crippen LogP contribution in [0.3, 0.4) is 0 Å². The van der Waals surface area contributed by atoms with E-state index in [0.29, 0.717) is 110 Å². The molecule has 1 unspecified atom stereocenters. The third-order valence-corrected chi connectivity index (χ3v) is 16.7. The van der Waals surface area contributed by atoms with Crippen LogP contribution in [-0.4, -0.2) is 199 Å². The third kappa shape index (κ3) is 22.6. The van der Waals surface area contributed by atoms with Crippen LogP contribution in [0.15, 0.2) is 52.7 Å². The standard InChI is InChI=1S/C61H100N6O17/c1-11-78-27-28-80-31-32-81-30-29-79-26-24-64-60(73)83-50-23-21-45(36-53(50)76-9)35-47(62)52-38-48(65-66-63)41(4)34-43(6)55(69)56(77-10)54(68)42(5)33-39(2)17-13-12-14-18-40(3)51(75-8)37-46-22-20-44(7)61(74,84-46)57(70)58(71)67-25-16-15-19-49(67)59(72)82-52/h12-14,17-18,34,39,41-42,44-53,55-56,69,74H,11,15-16,19-33,35-38,62H2,1-10H3,(H,64,73)/b14-12+,17-13+,40-18+,43-34+/t39-,41-,42-,44-,45+,46+,47-,48?,49+,50-,51+,52+,53-,55-,56+,61-/m1/s1. The van der Waals surface area contributed by atoms with Crippen LogP contribution in [-0.2, 0) is 66.5 Å². The predicted octanol–water partition coefficient (Wildman–Crippen LogP) is 6.80. The summed E-state index contributed by atoms with van der Waals surface area (Å²) in [6.45, 7) is 16.5. The molecule has 476 valence electrons. The summed E-state index contributed by atoms with van der Waals surface area (Å²) < 4.78 is 57.5. The van der Waals surface area contributed by atoms with Gasteiger partial charge in [-0.15, -0.1) is 0 Å². The van der Waals surface area contributed by atoms with Crippen LogP contribution in [0.2, 0.25) is 0 Å². The number of ketones is 2. The summed E-state index contributed by atoms with van der Waals surface area (Å²) in [6.07, 6.45) is 9.11. The van der Waals surface area contributed by atoms with Crippen LogP contribution in [0.25, 0.3) is 10.4 Å². The second-order valence-electron chi connectivity index (χ2n) is 23.0. The average molecular weight is 1190 g/mol. The highest BCUT2D eigenvalue weighted by atomic mass is 16.6. The van der Waals surface area contributed by atoms with Gasteiger partial charge in [-0.1, -0.05) is 69.3 Å². The molecule has 1 saturated carbocycles. The zero-order valence-electron chi connectivity index (χ0n) is 51.6. The fourth-order valence-electron chi connectivity index (χ4n) is 11.6. The SMILES string of the molecule is CCOCCOCCOCCOCCNC(=O)O[C@@H]1CC[C@@H](C[C@@H](N)[C@@H]2CC(N=[N+]=[N-])[C@H](C)/C=C(\C)[C@@H](O)[C@@H](OC)C(=O)[C@H](C)C[C@H](C)/C=C/C=C/C=C(\C)[C@@H](OC)C[C@@H]3CC[C@@H](C)[C@@](O)(O3)C(=O)C(=O)N3CCCC[C@H]3C(=O)O2)C[C@H]1OC. The Hall–Kier alpha value is -4.62. The van der Waals surface area contributed by atoms with Gasteiger partial charge in [0.2, 0.25) is 5.79 Å². The van der Waals surface area contributed by atoms with E-state index < -0.39 is 108 Å². The lowest BCUT2D eigenvalue weighted by molar-refractivity contribution is -0.265. The maximum Gasteiger partial charge on any atom is 0.407 e. The van der Waals surface area contributed by atoms with Crippen molar-refractivity contribution in [2.24, 2.45) is 40.4 Å². The Labute approximate surface area is 497 Å². The maximum atomic E-state index is 14.7. The van der Waals surface area contributed by atoms with Crippen molar-refractivity contribution >= 4 is 29.5 Å². The number of carbonyl (C=O) groups excluding carboxylic acids is 5. The number of allylic oxidation sites excluding steroid dienone is 5. The van der Waals surface area contributed by atoms with E-state index in [9.17, 15) is 39.7 Å². The number of aliphatic hydroxyl groups excluding tert-OH is 1. The minimum absolute atomic E-state index is 0.0168. The first-order chi connectivity index (χ1) is 40.2. The number of hydrogen-bond acceptors (Lipinski definition) is 19. The van der Waals surface area contributed by atoms with Crippen molar-refractivity contribution in [1.82, 2.24) is 10.2 Å². The van der Waals surface area contributed by atoms with Gasteiger partial charge < -0.3 is 73.5 Å². The molecule has 16 atom stereocenters. The summed E-state index contributed by atoms with van der Waals surface area (Å²) in [5.74, 6) is -7.84. The van der Waals surface area contributed by atoms with Gasteiger partial charge in [0.15, 0.2) is 5.78 Å². The third-order valence-electron chi connectivity index (χ3n) is 16.7. The average Bonchev–Trinajstić information content (AvgIpc) is 1.65. The fraction of sp³-hybridized carbons (Fsp3) is 0.787. The van der Waals surface area contributed by atoms with Gasteiger partial charge in [0.1, 0.15) is 30.5 Å². The number of amides is 2. The normalized spacial score (nSPS) is 34.6. The van der Waals surface area contributed by atoms with Gasteiger partial charge in [0.25, 0.3) is 11.7 Å². The molecule has 0 radical (unpaired) electrons. The molecule has 84 heavy (non-hydrogen) atoms. The van der Waals surface area contributed by atoms with E-state index in [0.717, 1.165) is 10.5 Å². The topological polar surface area (TPSA) is 308 Å². The number of carbonyl (C=O) groups is 5. The molecule has 3 fully saturated rings. The molecule has 2 saturated heterocycles. The molecule has 2 amide bonds. The number of aliphatic hydroxyl groups is 2. The van der Waals surface area contributed by atoms with Crippen molar-refractivity contribution in [2.75, 3.05) is 87.3 Å². The maximum absolute atomic E-state index is 14.7. The van der Waals surface area contributed by atoms with Crippen molar-refractivity contribution in [2.45, 2.75) is 192 Å². The minimum Gasteiger partial charge on any atom is -0.459 e. The predicted molar refractivity (Wildman–Crippen MR) is 313 cm³/mol. The number of piperidine rings is 1. The molecule has 0 aromatic carbocycles. The van der Waals surface area contributed by atoms with Gasteiger partial charge in [-0.05, 0) is 126 Å². The number of ether oxygens (including phenoxy) is 10. The second kappa shape index (κ2) is 37.8. The quantitative estimate of drug-likeness (QED) is 0.0175. The smallest absolute Gasteiger partial charge is 0.407 e. The molecule has 0 aromatic rings. The molecule has 23 heteroatoms. The lowest BCUT2D eigenvalue weighted by Gasteiger charge is -2.43. The van der Waals surface area contributed by atoms with E-state index in [1.54, 1.807) is 40.9 Å². The minimum atomic E-state index is -2.49. The molecule has 23 nitrogen and oxygen atoms in total. The summed E-state index contributed by atoms with van der Waals surface area (Å²) in [6, 6.07) is -3.04. The van der Waals surface area contributed by atoms with Gasteiger partial charge >= 0.3 is 12.1 Å². The van der Waals surface area contributed by atoms with E-state index >= 15 is 0 Å². The van der Waals surface area contributed by atoms with Gasteiger partial charge in [0, 0.05) is 76.3 Å².